The molecular formula is C20H21ClFNO5. The van der Waals surface area contributed by atoms with Gasteiger partial charge in [-0.1, -0.05) is 11.6 Å². The van der Waals surface area contributed by atoms with E-state index >= 15 is 0 Å². The van der Waals surface area contributed by atoms with Crippen LogP contribution in [0.25, 0.3) is 0 Å². The number of carbonyl (C=O) groups excluding carboxylic acids is 1. The number of ether oxygens (including phenoxy) is 2. The molecule has 2 rings (SSSR count). The van der Waals surface area contributed by atoms with Crippen LogP contribution < -0.4 is 14.8 Å². The number of anilines is 1. The minimum atomic E-state index is -1.39. The Morgan fingerprint density at radius 2 is 1.71 bits per heavy atom. The number of hydrogen-bond acceptors (Lipinski definition) is 4. The highest BCUT2D eigenvalue weighted by Gasteiger charge is 2.19. The lowest BCUT2D eigenvalue weighted by atomic mass is 10.1. The predicted molar refractivity (Wildman–Crippen MR) is 104 cm³/mol. The van der Waals surface area contributed by atoms with Crippen molar-refractivity contribution in [3.05, 3.63) is 52.3 Å². The largest absolute Gasteiger partial charge is 0.487 e. The molecule has 0 aliphatic rings. The molecule has 0 aromatic heterocycles. The maximum atomic E-state index is 13.8. The van der Waals surface area contributed by atoms with Gasteiger partial charge in [-0.25, -0.2) is 9.18 Å². The van der Waals surface area contributed by atoms with Crippen molar-refractivity contribution in [2.45, 2.75) is 39.9 Å². The molecule has 6 nitrogen and oxygen atoms in total. The summed E-state index contributed by atoms with van der Waals surface area (Å²) in [6.07, 6.45) is -0.330. The fourth-order valence-corrected chi connectivity index (χ4v) is 2.62. The van der Waals surface area contributed by atoms with E-state index in [2.05, 4.69) is 5.32 Å². The van der Waals surface area contributed by atoms with Crippen molar-refractivity contribution in [2.75, 3.05) is 5.32 Å². The van der Waals surface area contributed by atoms with Crippen LogP contribution in [0.5, 0.6) is 11.5 Å². The minimum Gasteiger partial charge on any atom is -0.487 e. The fourth-order valence-electron chi connectivity index (χ4n) is 2.36. The second-order valence-electron chi connectivity index (χ2n) is 6.57. The monoisotopic (exact) mass is 409 g/mol. The molecule has 0 aliphatic heterocycles. The third kappa shape index (κ3) is 5.36. The van der Waals surface area contributed by atoms with E-state index in [1.54, 1.807) is 0 Å². The second kappa shape index (κ2) is 8.93. The van der Waals surface area contributed by atoms with Crippen LogP contribution in [0, 0.1) is 5.82 Å². The van der Waals surface area contributed by atoms with E-state index in [0.717, 1.165) is 12.1 Å². The topological polar surface area (TPSA) is 84.9 Å². The van der Waals surface area contributed by atoms with Gasteiger partial charge in [0.2, 0.25) is 0 Å². The van der Waals surface area contributed by atoms with Crippen molar-refractivity contribution in [3.63, 3.8) is 0 Å². The first-order valence-electron chi connectivity index (χ1n) is 8.59. The van der Waals surface area contributed by atoms with Gasteiger partial charge >= 0.3 is 5.97 Å². The summed E-state index contributed by atoms with van der Waals surface area (Å²) in [6, 6.07) is 6.22. The van der Waals surface area contributed by atoms with Crippen molar-refractivity contribution in [2.24, 2.45) is 0 Å². The molecular weight excluding hydrogens is 389 g/mol. The Bertz CT molecular complexity index is 898. The third-order valence-corrected chi connectivity index (χ3v) is 3.73. The van der Waals surface area contributed by atoms with Gasteiger partial charge in [0, 0.05) is 11.3 Å². The second-order valence-corrected chi connectivity index (χ2v) is 6.98. The SMILES string of the molecule is CC(C)Oc1cc(C(=O)Nc2ccc(C(=O)O)c(F)c2)cc(Cl)c1OC(C)C. The van der Waals surface area contributed by atoms with Crippen LogP contribution in [0.15, 0.2) is 30.3 Å². The van der Waals surface area contributed by atoms with Crippen LogP contribution >= 0.6 is 11.6 Å². The Morgan fingerprint density at radius 3 is 2.25 bits per heavy atom. The summed E-state index contributed by atoms with van der Waals surface area (Å²) in [4.78, 5) is 23.4. The van der Waals surface area contributed by atoms with Crippen LogP contribution in [-0.2, 0) is 0 Å². The number of carboxylic acid groups (broad SMARTS) is 1. The van der Waals surface area contributed by atoms with Crippen molar-refractivity contribution in [1.82, 2.24) is 0 Å². The predicted octanol–water partition coefficient (Wildman–Crippen LogP) is 5.00. The maximum Gasteiger partial charge on any atom is 0.338 e. The highest BCUT2D eigenvalue weighted by Crippen LogP contribution is 2.38. The number of hydrogen-bond donors (Lipinski definition) is 2. The van der Waals surface area contributed by atoms with E-state index in [9.17, 15) is 14.0 Å². The Labute approximate surface area is 167 Å². The Morgan fingerprint density at radius 1 is 1.07 bits per heavy atom. The zero-order valence-electron chi connectivity index (χ0n) is 15.9. The summed E-state index contributed by atoms with van der Waals surface area (Å²) < 4.78 is 25.2. The molecule has 1 amide bonds. The first kappa shape index (κ1) is 21.5. The average Bonchev–Trinajstić information content (AvgIpc) is 2.56. The van der Waals surface area contributed by atoms with E-state index in [1.807, 2.05) is 27.7 Å². The molecule has 0 atom stereocenters. The van der Waals surface area contributed by atoms with Gasteiger partial charge in [-0.3, -0.25) is 4.79 Å². The molecule has 0 aliphatic carbocycles. The zero-order chi connectivity index (χ0) is 21.0. The lowest BCUT2D eigenvalue weighted by Gasteiger charge is -2.19. The molecule has 0 saturated heterocycles. The van der Waals surface area contributed by atoms with Gasteiger partial charge in [-0.2, -0.15) is 0 Å². The number of aromatic carboxylic acids is 1. The Balaban J connectivity index is 2.33. The first-order chi connectivity index (χ1) is 13.1. The van der Waals surface area contributed by atoms with E-state index in [1.165, 1.54) is 18.2 Å². The van der Waals surface area contributed by atoms with Crippen LogP contribution in [0.4, 0.5) is 10.1 Å². The molecule has 0 heterocycles. The van der Waals surface area contributed by atoms with Gasteiger partial charge < -0.3 is 19.9 Å². The molecule has 2 aromatic carbocycles. The number of rotatable bonds is 7. The van der Waals surface area contributed by atoms with Crippen molar-refractivity contribution in [1.29, 1.82) is 0 Å². The summed E-state index contributed by atoms with van der Waals surface area (Å²) in [5.74, 6) is -2.26. The molecule has 0 unspecified atom stereocenters. The molecule has 2 aromatic rings. The van der Waals surface area contributed by atoms with E-state index in [0.29, 0.717) is 11.5 Å². The molecule has 0 fully saturated rings. The smallest absolute Gasteiger partial charge is 0.338 e. The lowest BCUT2D eigenvalue weighted by Crippen LogP contribution is -2.15. The van der Waals surface area contributed by atoms with E-state index in [4.69, 9.17) is 26.2 Å². The fraction of sp³-hybridized carbons (Fsp3) is 0.300. The first-order valence-corrected chi connectivity index (χ1v) is 8.97. The number of amides is 1. The minimum absolute atomic E-state index is 0.109. The summed E-state index contributed by atoms with van der Waals surface area (Å²) in [7, 11) is 0. The summed E-state index contributed by atoms with van der Waals surface area (Å²) in [5, 5.41) is 11.6. The molecule has 8 heteroatoms. The quantitative estimate of drug-likeness (QED) is 0.671. The Kier molecular flexibility index (Phi) is 6.85. The number of nitrogens with one attached hydrogen (secondary N) is 1. The van der Waals surface area contributed by atoms with E-state index in [-0.39, 0.29) is 28.5 Å². The van der Waals surface area contributed by atoms with Crippen LogP contribution in [0.1, 0.15) is 48.4 Å². The number of benzene rings is 2. The van der Waals surface area contributed by atoms with Crippen LogP contribution in [0.3, 0.4) is 0 Å². The maximum absolute atomic E-state index is 13.8. The molecule has 0 bridgehead atoms. The molecule has 0 saturated carbocycles. The summed E-state index contributed by atoms with van der Waals surface area (Å²) >= 11 is 6.28. The molecule has 150 valence electrons. The summed E-state index contributed by atoms with van der Waals surface area (Å²) in [6.45, 7) is 7.33. The Hall–Kier alpha value is -2.80. The normalized spacial score (nSPS) is 10.9. The van der Waals surface area contributed by atoms with Crippen LogP contribution in [-0.4, -0.2) is 29.2 Å². The zero-order valence-corrected chi connectivity index (χ0v) is 16.6. The van der Waals surface area contributed by atoms with Gasteiger partial charge in [0.1, 0.15) is 5.82 Å². The van der Waals surface area contributed by atoms with Crippen molar-refractivity contribution < 1.29 is 28.6 Å². The highest BCUT2D eigenvalue weighted by molar-refractivity contribution is 6.32. The number of halogens is 2. The molecule has 0 spiro atoms. The van der Waals surface area contributed by atoms with Gasteiger partial charge in [0.15, 0.2) is 11.5 Å². The summed E-state index contributed by atoms with van der Waals surface area (Å²) in [5.41, 5.74) is -0.194. The lowest BCUT2D eigenvalue weighted by molar-refractivity contribution is 0.0691. The van der Waals surface area contributed by atoms with Crippen LogP contribution in [0.2, 0.25) is 5.02 Å². The average molecular weight is 410 g/mol. The van der Waals surface area contributed by atoms with Gasteiger partial charge in [0.05, 0.1) is 22.8 Å². The third-order valence-electron chi connectivity index (χ3n) is 3.45. The van der Waals surface area contributed by atoms with Crippen molar-refractivity contribution in [3.8, 4) is 11.5 Å². The number of carboxylic acids is 1. The molecule has 0 radical (unpaired) electrons. The van der Waals surface area contributed by atoms with E-state index < -0.39 is 23.3 Å². The molecule has 28 heavy (non-hydrogen) atoms. The molecule has 2 N–H and O–H groups in total. The number of carbonyl (C=O) groups is 2. The standard InChI is InChI=1S/C20H21ClFNO5/c1-10(2)27-17-8-12(7-15(21)18(17)28-11(3)4)19(24)23-13-5-6-14(20(25)26)16(22)9-13/h5-11H,1-4H3,(H,23,24)(H,25,26). The van der Waals surface area contributed by atoms with Gasteiger partial charge in [-0.15, -0.1) is 0 Å². The van der Waals surface area contributed by atoms with Gasteiger partial charge in [0.25, 0.3) is 5.91 Å². The van der Waals surface area contributed by atoms with Crippen molar-refractivity contribution >= 4 is 29.2 Å². The van der Waals surface area contributed by atoms with Gasteiger partial charge in [-0.05, 0) is 58.0 Å². The highest BCUT2D eigenvalue weighted by atomic mass is 35.5.